The lowest BCUT2D eigenvalue weighted by atomic mass is 10.2. The summed E-state index contributed by atoms with van der Waals surface area (Å²) in [5.74, 6) is -0.579. The van der Waals surface area contributed by atoms with Gasteiger partial charge < -0.3 is 11.1 Å². The van der Waals surface area contributed by atoms with Crippen LogP contribution in [0.25, 0.3) is 10.1 Å². The summed E-state index contributed by atoms with van der Waals surface area (Å²) in [4.78, 5) is 13.7. The van der Waals surface area contributed by atoms with Gasteiger partial charge in [-0.15, -0.1) is 22.7 Å². The molecule has 3 N–H and O–H groups in total. The second-order valence-corrected chi connectivity index (χ2v) is 6.33. The molecule has 3 nitrogen and oxygen atoms in total. The zero-order valence-corrected chi connectivity index (χ0v) is 12.0. The van der Waals surface area contributed by atoms with E-state index in [1.807, 2.05) is 17.5 Å². The van der Waals surface area contributed by atoms with Gasteiger partial charge >= 0.3 is 0 Å². The molecule has 20 heavy (non-hydrogen) atoms. The van der Waals surface area contributed by atoms with Crippen molar-refractivity contribution in [3.63, 3.8) is 0 Å². The number of benzene rings is 1. The first-order valence-electron chi connectivity index (χ1n) is 5.93. The molecule has 0 unspecified atom stereocenters. The van der Waals surface area contributed by atoms with E-state index in [0.29, 0.717) is 22.5 Å². The summed E-state index contributed by atoms with van der Waals surface area (Å²) < 4.78 is 14.0. The zero-order valence-electron chi connectivity index (χ0n) is 10.4. The van der Waals surface area contributed by atoms with Gasteiger partial charge in [0.25, 0.3) is 5.91 Å². The van der Waals surface area contributed by atoms with E-state index in [4.69, 9.17) is 5.73 Å². The molecule has 6 heteroatoms. The van der Waals surface area contributed by atoms with Crippen LogP contribution in [-0.4, -0.2) is 5.91 Å². The third kappa shape index (κ3) is 2.39. The Morgan fingerprint density at radius 1 is 1.35 bits per heavy atom. The van der Waals surface area contributed by atoms with Gasteiger partial charge in [0.05, 0.1) is 12.2 Å². The Morgan fingerprint density at radius 3 is 2.95 bits per heavy atom. The van der Waals surface area contributed by atoms with Crippen molar-refractivity contribution in [1.29, 1.82) is 0 Å². The molecule has 0 saturated carbocycles. The summed E-state index contributed by atoms with van der Waals surface area (Å²) in [7, 11) is 0. The highest BCUT2D eigenvalue weighted by atomic mass is 32.1. The van der Waals surface area contributed by atoms with Gasteiger partial charge in [-0.25, -0.2) is 4.39 Å². The number of hydrogen-bond acceptors (Lipinski definition) is 4. The third-order valence-electron chi connectivity index (χ3n) is 2.90. The molecule has 1 amide bonds. The first kappa shape index (κ1) is 13.1. The molecule has 3 aromatic rings. The zero-order chi connectivity index (χ0) is 14.1. The molecule has 2 aromatic heterocycles. The lowest BCUT2D eigenvalue weighted by molar-refractivity contribution is 0.0956. The van der Waals surface area contributed by atoms with Crippen molar-refractivity contribution in [2.45, 2.75) is 6.54 Å². The molecule has 0 aliphatic rings. The quantitative estimate of drug-likeness (QED) is 0.776. The lowest BCUT2D eigenvalue weighted by Gasteiger charge is -2.02. The molecular weight excluding hydrogens is 295 g/mol. The molecule has 0 fully saturated rings. The first-order valence-corrected chi connectivity index (χ1v) is 7.63. The second kappa shape index (κ2) is 5.22. The summed E-state index contributed by atoms with van der Waals surface area (Å²) >= 11 is 2.86. The fourth-order valence-electron chi connectivity index (χ4n) is 1.92. The Kier molecular flexibility index (Phi) is 3.42. The molecule has 0 saturated heterocycles. The van der Waals surface area contributed by atoms with E-state index >= 15 is 0 Å². The van der Waals surface area contributed by atoms with Crippen LogP contribution >= 0.6 is 22.7 Å². The molecule has 0 spiro atoms. The number of hydrogen-bond donors (Lipinski definition) is 2. The summed E-state index contributed by atoms with van der Waals surface area (Å²) in [5.41, 5.74) is 6.28. The summed E-state index contributed by atoms with van der Waals surface area (Å²) in [5, 5.41) is 5.38. The third-order valence-corrected chi connectivity index (χ3v) is 4.96. The van der Waals surface area contributed by atoms with Crippen LogP contribution in [0.1, 0.15) is 14.5 Å². The molecule has 1 aromatic carbocycles. The van der Waals surface area contributed by atoms with Crippen LogP contribution in [0.15, 0.2) is 35.7 Å². The average molecular weight is 306 g/mol. The number of nitrogen functional groups attached to an aromatic ring is 1. The lowest BCUT2D eigenvalue weighted by Crippen LogP contribution is -2.22. The van der Waals surface area contributed by atoms with E-state index < -0.39 is 0 Å². The number of amides is 1. The van der Waals surface area contributed by atoms with Crippen molar-refractivity contribution in [2.75, 3.05) is 5.73 Å². The van der Waals surface area contributed by atoms with Crippen LogP contribution in [0.3, 0.4) is 0 Å². The molecule has 0 radical (unpaired) electrons. The number of thiophene rings is 2. The summed E-state index contributed by atoms with van der Waals surface area (Å²) in [6.07, 6.45) is 0. The van der Waals surface area contributed by atoms with Crippen LogP contribution in [0.4, 0.5) is 10.1 Å². The fraction of sp³-hybridized carbons (Fsp3) is 0.0714. The minimum absolute atomic E-state index is 0.225. The van der Waals surface area contributed by atoms with Crippen molar-refractivity contribution in [3.05, 3.63) is 51.3 Å². The van der Waals surface area contributed by atoms with Crippen LogP contribution in [-0.2, 0) is 6.54 Å². The second-order valence-electron chi connectivity index (χ2n) is 4.25. The molecule has 0 aliphatic heterocycles. The van der Waals surface area contributed by atoms with Gasteiger partial charge in [0.2, 0.25) is 0 Å². The number of halogens is 1. The van der Waals surface area contributed by atoms with E-state index in [1.54, 1.807) is 17.4 Å². The smallest absolute Gasteiger partial charge is 0.263 e. The van der Waals surface area contributed by atoms with Crippen molar-refractivity contribution in [1.82, 2.24) is 5.32 Å². The van der Waals surface area contributed by atoms with Crippen molar-refractivity contribution in [3.8, 4) is 0 Å². The average Bonchev–Trinajstić information content (AvgIpc) is 3.05. The number of nitrogens with two attached hydrogens (primary N) is 1. The number of carbonyl (C=O) groups is 1. The SMILES string of the molecule is Nc1c(C(=O)NCc2cccs2)sc2ccc(F)cc12. The van der Waals surface area contributed by atoms with E-state index in [1.165, 1.54) is 23.5 Å². The maximum absolute atomic E-state index is 13.2. The molecule has 2 heterocycles. The van der Waals surface area contributed by atoms with Gasteiger partial charge in [-0.2, -0.15) is 0 Å². The predicted molar refractivity (Wildman–Crippen MR) is 81.7 cm³/mol. The molecule has 0 bridgehead atoms. The number of carbonyl (C=O) groups excluding carboxylic acids is 1. The van der Waals surface area contributed by atoms with Crippen LogP contribution < -0.4 is 11.1 Å². The van der Waals surface area contributed by atoms with E-state index in [-0.39, 0.29) is 11.7 Å². The Hall–Kier alpha value is -1.92. The summed E-state index contributed by atoms with van der Waals surface area (Å²) in [6.45, 7) is 0.471. The highest BCUT2D eigenvalue weighted by Crippen LogP contribution is 2.34. The van der Waals surface area contributed by atoms with Gasteiger partial charge in [-0.3, -0.25) is 4.79 Å². The Bertz CT molecular complexity index is 765. The fourth-order valence-corrected chi connectivity index (χ4v) is 3.58. The van der Waals surface area contributed by atoms with Gasteiger partial charge in [0, 0.05) is 15.0 Å². The maximum Gasteiger partial charge on any atom is 0.263 e. The van der Waals surface area contributed by atoms with Crippen molar-refractivity contribution < 1.29 is 9.18 Å². The first-order chi connectivity index (χ1) is 9.65. The number of rotatable bonds is 3. The minimum Gasteiger partial charge on any atom is -0.397 e. The van der Waals surface area contributed by atoms with Crippen LogP contribution in [0.2, 0.25) is 0 Å². The molecule has 3 rings (SSSR count). The normalized spacial score (nSPS) is 10.8. The Morgan fingerprint density at radius 2 is 2.20 bits per heavy atom. The standard InChI is InChI=1S/C14H11FN2OS2/c15-8-3-4-11-10(6-8)12(16)13(20-11)14(18)17-7-9-2-1-5-19-9/h1-6H,7,16H2,(H,17,18). The van der Waals surface area contributed by atoms with Crippen LogP contribution in [0.5, 0.6) is 0 Å². The highest BCUT2D eigenvalue weighted by molar-refractivity contribution is 7.21. The van der Waals surface area contributed by atoms with Gasteiger partial charge in [0.1, 0.15) is 10.7 Å². The van der Waals surface area contributed by atoms with Crippen molar-refractivity contribution >= 4 is 44.4 Å². The number of anilines is 1. The van der Waals surface area contributed by atoms with Crippen molar-refractivity contribution in [2.24, 2.45) is 0 Å². The number of fused-ring (bicyclic) bond motifs is 1. The Balaban J connectivity index is 1.86. The monoisotopic (exact) mass is 306 g/mol. The number of nitrogens with one attached hydrogen (secondary N) is 1. The minimum atomic E-state index is -0.354. The summed E-state index contributed by atoms with van der Waals surface area (Å²) in [6, 6.07) is 8.25. The largest absolute Gasteiger partial charge is 0.397 e. The molecular formula is C14H11FN2OS2. The van der Waals surface area contributed by atoms with E-state index in [2.05, 4.69) is 5.32 Å². The topological polar surface area (TPSA) is 55.1 Å². The predicted octanol–water partition coefficient (Wildman–Crippen LogP) is 3.61. The Labute approximate surface area is 122 Å². The highest BCUT2D eigenvalue weighted by Gasteiger charge is 2.16. The van der Waals surface area contributed by atoms with E-state index in [0.717, 1.165) is 9.58 Å². The molecule has 102 valence electrons. The van der Waals surface area contributed by atoms with Gasteiger partial charge in [-0.05, 0) is 29.6 Å². The molecule has 0 atom stereocenters. The van der Waals surface area contributed by atoms with Gasteiger partial charge in [0.15, 0.2) is 0 Å². The van der Waals surface area contributed by atoms with E-state index in [9.17, 15) is 9.18 Å². The van der Waals surface area contributed by atoms with Gasteiger partial charge in [-0.1, -0.05) is 6.07 Å². The maximum atomic E-state index is 13.2. The molecule has 0 aliphatic carbocycles. The van der Waals surface area contributed by atoms with Crippen LogP contribution in [0, 0.1) is 5.82 Å².